The van der Waals surface area contributed by atoms with E-state index in [9.17, 15) is 10.1 Å². The van der Waals surface area contributed by atoms with Gasteiger partial charge in [-0.2, -0.15) is 5.26 Å². The first-order chi connectivity index (χ1) is 9.10. The van der Waals surface area contributed by atoms with Crippen molar-refractivity contribution in [3.8, 4) is 6.07 Å². The molecule has 2 rings (SSSR count). The number of nitrogens with one attached hydrogen (secondary N) is 1. The largest absolute Gasteiger partial charge is 0.462 e. The third kappa shape index (κ3) is 2.25. The first-order valence-electron chi connectivity index (χ1n) is 5.81. The van der Waals surface area contributed by atoms with Crippen LogP contribution >= 0.6 is 11.3 Å². The zero-order valence-corrected chi connectivity index (χ0v) is 11.7. The molecule has 0 aliphatic carbocycles. The Labute approximate surface area is 115 Å². The Bertz CT molecular complexity index is 635. The first kappa shape index (κ1) is 13.3. The maximum Gasteiger partial charge on any atom is 0.351 e. The van der Waals surface area contributed by atoms with E-state index >= 15 is 0 Å². The summed E-state index contributed by atoms with van der Waals surface area (Å²) in [5.74, 6) is -0.614. The summed E-state index contributed by atoms with van der Waals surface area (Å²) in [6, 6.07) is 1.92. The molecule has 1 aromatic rings. The Morgan fingerprint density at radius 1 is 1.58 bits per heavy atom. The topological polar surface area (TPSA) is 74.5 Å². The van der Waals surface area contributed by atoms with Gasteiger partial charge in [-0.1, -0.05) is 0 Å². The Morgan fingerprint density at radius 2 is 2.32 bits per heavy atom. The van der Waals surface area contributed by atoms with E-state index in [1.165, 1.54) is 17.7 Å². The molecule has 5 nitrogen and oxygen atoms in total. The molecule has 1 aromatic heterocycles. The van der Waals surface area contributed by atoms with E-state index in [0.29, 0.717) is 5.70 Å². The molecule has 0 aromatic carbocycles. The van der Waals surface area contributed by atoms with Crippen molar-refractivity contribution in [3.05, 3.63) is 21.6 Å². The summed E-state index contributed by atoms with van der Waals surface area (Å²) in [5.41, 5.74) is 2.30. The second-order valence-corrected chi connectivity index (χ2v) is 5.15. The van der Waals surface area contributed by atoms with Gasteiger partial charge in [0.05, 0.1) is 18.6 Å². The van der Waals surface area contributed by atoms with Crippen LogP contribution in [0.25, 0.3) is 5.70 Å². The van der Waals surface area contributed by atoms with Crippen LogP contribution in [0.3, 0.4) is 0 Å². The molecule has 0 bridgehead atoms. The number of fused-ring (bicyclic) bond motifs is 1. The number of esters is 1. The Hall–Kier alpha value is -2.13. The van der Waals surface area contributed by atoms with Gasteiger partial charge >= 0.3 is 5.97 Å². The van der Waals surface area contributed by atoms with Crippen molar-refractivity contribution in [1.82, 2.24) is 5.32 Å². The summed E-state index contributed by atoms with van der Waals surface area (Å²) in [4.78, 5) is 17.2. The van der Waals surface area contributed by atoms with Gasteiger partial charge in [0.15, 0.2) is 5.57 Å². The molecule has 1 N–H and O–H groups in total. The third-order valence-corrected chi connectivity index (χ3v) is 3.96. The van der Waals surface area contributed by atoms with Crippen LogP contribution in [-0.4, -0.2) is 18.9 Å². The van der Waals surface area contributed by atoms with Crippen LogP contribution in [0.15, 0.2) is 10.6 Å². The lowest BCUT2D eigenvalue weighted by atomic mass is 10.0. The second-order valence-electron chi connectivity index (χ2n) is 3.95. The number of carbonyl (C=O) groups is 1. The number of aryl methyl sites for hydroxylation is 1. The van der Waals surface area contributed by atoms with Gasteiger partial charge in [0.1, 0.15) is 11.1 Å². The van der Waals surface area contributed by atoms with Gasteiger partial charge in [0, 0.05) is 10.4 Å². The van der Waals surface area contributed by atoms with E-state index in [2.05, 4.69) is 10.3 Å². The van der Waals surface area contributed by atoms with E-state index in [-0.39, 0.29) is 12.2 Å². The highest BCUT2D eigenvalue weighted by atomic mass is 32.1. The highest BCUT2D eigenvalue weighted by Gasteiger charge is 2.25. The van der Waals surface area contributed by atoms with Gasteiger partial charge in [-0.3, -0.25) is 0 Å². The molecule has 0 amide bonds. The Morgan fingerprint density at radius 3 is 2.95 bits per heavy atom. The van der Waals surface area contributed by atoms with Crippen molar-refractivity contribution >= 4 is 34.3 Å². The number of nitrogens with zero attached hydrogens (tertiary/aromatic N) is 2. The van der Waals surface area contributed by atoms with Gasteiger partial charge in [-0.25, -0.2) is 9.79 Å². The number of nitriles is 1. The molecule has 1 aliphatic rings. The van der Waals surface area contributed by atoms with E-state index in [1.54, 1.807) is 6.92 Å². The molecule has 2 heterocycles. The van der Waals surface area contributed by atoms with Gasteiger partial charge in [0.25, 0.3) is 0 Å². The number of hydrogen-bond acceptors (Lipinski definition) is 6. The standard InChI is InChI=1S/C13H13N3O2S/c1-4-18-13(17)9(5-14)11-10-7(2)8(3)19-12(10)16-6-15-11/h6H,4H2,1-3H3,(H,15,16)/b11-9-. The molecule has 0 fully saturated rings. The molecular formula is C13H13N3O2S. The predicted octanol–water partition coefficient (Wildman–Crippen LogP) is 2.43. The summed E-state index contributed by atoms with van der Waals surface area (Å²) in [7, 11) is 0. The van der Waals surface area contributed by atoms with E-state index < -0.39 is 5.97 Å². The number of ether oxygens (including phenoxy) is 1. The smallest absolute Gasteiger partial charge is 0.351 e. The van der Waals surface area contributed by atoms with Gasteiger partial charge in [-0.15, -0.1) is 11.3 Å². The van der Waals surface area contributed by atoms with Crippen LogP contribution in [0.5, 0.6) is 0 Å². The number of rotatable bonds is 2. The fourth-order valence-corrected chi connectivity index (χ4v) is 2.83. The van der Waals surface area contributed by atoms with E-state index in [4.69, 9.17) is 4.74 Å². The lowest BCUT2D eigenvalue weighted by molar-refractivity contribution is -0.137. The molecule has 0 spiro atoms. The number of carbonyl (C=O) groups excluding carboxylic acids is 1. The molecule has 1 aliphatic heterocycles. The van der Waals surface area contributed by atoms with Crippen molar-refractivity contribution in [1.29, 1.82) is 5.26 Å². The van der Waals surface area contributed by atoms with Crippen molar-refractivity contribution in [2.24, 2.45) is 4.99 Å². The SMILES string of the molecule is CCOC(=O)/C(C#N)=C1\NC=Nc2sc(C)c(C)c21. The average Bonchev–Trinajstić information content (AvgIpc) is 2.67. The Kier molecular flexibility index (Phi) is 3.67. The fraction of sp³-hybridized carbons (Fsp3) is 0.308. The maximum atomic E-state index is 11.8. The van der Waals surface area contributed by atoms with Crippen molar-refractivity contribution in [3.63, 3.8) is 0 Å². The van der Waals surface area contributed by atoms with Crippen LogP contribution in [0, 0.1) is 25.2 Å². The molecular weight excluding hydrogens is 262 g/mol. The second kappa shape index (κ2) is 5.24. The highest BCUT2D eigenvalue weighted by molar-refractivity contribution is 7.16. The van der Waals surface area contributed by atoms with Gasteiger partial charge < -0.3 is 10.1 Å². The maximum absolute atomic E-state index is 11.8. The van der Waals surface area contributed by atoms with Crippen LogP contribution in [0.4, 0.5) is 5.00 Å². The summed E-state index contributed by atoms with van der Waals surface area (Å²) in [6.45, 7) is 5.88. The van der Waals surface area contributed by atoms with Crippen LogP contribution in [-0.2, 0) is 9.53 Å². The van der Waals surface area contributed by atoms with E-state index in [0.717, 1.165) is 21.0 Å². The van der Waals surface area contributed by atoms with E-state index in [1.807, 2.05) is 19.9 Å². The lowest BCUT2D eigenvalue weighted by Crippen LogP contribution is -2.19. The van der Waals surface area contributed by atoms with Gasteiger partial charge in [-0.05, 0) is 26.3 Å². The average molecular weight is 275 g/mol. The highest BCUT2D eigenvalue weighted by Crippen LogP contribution is 2.40. The molecule has 6 heteroatoms. The summed E-state index contributed by atoms with van der Waals surface area (Å²) in [5, 5.41) is 12.9. The first-order valence-corrected chi connectivity index (χ1v) is 6.62. The van der Waals surface area contributed by atoms with Gasteiger partial charge in [0.2, 0.25) is 0 Å². The molecule has 0 saturated heterocycles. The molecule has 0 unspecified atom stereocenters. The normalized spacial score (nSPS) is 15.3. The third-order valence-electron chi connectivity index (χ3n) is 2.85. The lowest BCUT2D eigenvalue weighted by Gasteiger charge is -2.14. The number of thiophene rings is 1. The minimum absolute atomic E-state index is 0.0184. The quantitative estimate of drug-likeness (QED) is 0.511. The van der Waals surface area contributed by atoms with Crippen LogP contribution in [0.2, 0.25) is 0 Å². The van der Waals surface area contributed by atoms with Crippen molar-refractivity contribution in [2.75, 3.05) is 6.61 Å². The zero-order chi connectivity index (χ0) is 14.0. The zero-order valence-electron chi connectivity index (χ0n) is 10.9. The number of hydrogen-bond donors (Lipinski definition) is 1. The van der Waals surface area contributed by atoms with Crippen LogP contribution in [0.1, 0.15) is 22.9 Å². The summed E-state index contributed by atoms with van der Waals surface area (Å²) < 4.78 is 4.91. The molecule has 19 heavy (non-hydrogen) atoms. The van der Waals surface area contributed by atoms with Crippen molar-refractivity contribution in [2.45, 2.75) is 20.8 Å². The summed E-state index contributed by atoms with van der Waals surface area (Å²) in [6.07, 6.45) is 1.49. The number of aliphatic imine (C=N–C) groups is 1. The minimum Gasteiger partial charge on any atom is -0.462 e. The monoisotopic (exact) mass is 275 g/mol. The molecule has 0 atom stereocenters. The van der Waals surface area contributed by atoms with Crippen LogP contribution < -0.4 is 5.32 Å². The Balaban J connectivity index is 2.61. The molecule has 98 valence electrons. The summed E-state index contributed by atoms with van der Waals surface area (Å²) >= 11 is 1.54. The predicted molar refractivity (Wildman–Crippen MR) is 74.2 cm³/mol. The molecule has 0 radical (unpaired) electrons. The minimum atomic E-state index is -0.614. The molecule has 0 saturated carbocycles. The van der Waals surface area contributed by atoms with Crippen molar-refractivity contribution < 1.29 is 9.53 Å². The fourth-order valence-electron chi connectivity index (χ4n) is 1.83.